The molecule has 80 valence electrons. The van der Waals surface area contributed by atoms with Crippen molar-refractivity contribution >= 4 is 17.2 Å². The van der Waals surface area contributed by atoms with Gasteiger partial charge in [-0.3, -0.25) is 4.79 Å². The monoisotopic (exact) mass is 223 g/mol. The molecule has 0 aliphatic carbocycles. The average Bonchev–Trinajstić information content (AvgIpc) is 2.72. The van der Waals surface area contributed by atoms with Crippen molar-refractivity contribution in [3.63, 3.8) is 0 Å². The first-order chi connectivity index (χ1) is 7.19. The summed E-state index contributed by atoms with van der Waals surface area (Å²) in [6.07, 6.45) is 0.552. The molecule has 1 rings (SSSR count). The van der Waals surface area contributed by atoms with Gasteiger partial charge in [0.2, 0.25) is 5.91 Å². The van der Waals surface area contributed by atoms with Crippen LogP contribution in [-0.4, -0.2) is 22.8 Å². The van der Waals surface area contributed by atoms with E-state index in [1.807, 2.05) is 18.4 Å². The third kappa shape index (κ3) is 3.03. The third-order valence-electron chi connectivity index (χ3n) is 2.12. The van der Waals surface area contributed by atoms with E-state index >= 15 is 0 Å². The quantitative estimate of drug-likeness (QED) is 0.779. The average molecular weight is 223 g/mol. The lowest BCUT2D eigenvalue weighted by molar-refractivity contribution is -0.133. The largest absolute Gasteiger partial charge is 0.339 e. The standard InChI is InChI=1S/C10H13N3OS/c1-3-8(4-11)10(14)13(2)5-9-6-15-7-12-9/h6-8H,3,5H2,1-2H3. The summed E-state index contributed by atoms with van der Waals surface area (Å²) in [5, 5.41) is 10.7. The van der Waals surface area contributed by atoms with E-state index in [4.69, 9.17) is 5.26 Å². The molecule has 1 unspecified atom stereocenters. The predicted molar refractivity (Wildman–Crippen MR) is 58.0 cm³/mol. The molecule has 0 aliphatic rings. The van der Waals surface area contributed by atoms with Gasteiger partial charge in [0.15, 0.2) is 0 Å². The molecule has 0 spiro atoms. The molecule has 0 aliphatic heterocycles. The van der Waals surface area contributed by atoms with Gasteiger partial charge < -0.3 is 4.90 Å². The van der Waals surface area contributed by atoms with Crippen LogP contribution < -0.4 is 0 Å². The fourth-order valence-electron chi connectivity index (χ4n) is 1.22. The molecule has 1 atom stereocenters. The Balaban J connectivity index is 2.57. The summed E-state index contributed by atoms with van der Waals surface area (Å²) in [5.41, 5.74) is 2.60. The summed E-state index contributed by atoms with van der Waals surface area (Å²) in [4.78, 5) is 17.3. The maximum absolute atomic E-state index is 11.7. The second-order valence-corrected chi connectivity index (χ2v) is 3.98. The Labute approximate surface area is 93.2 Å². The van der Waals surface area contributed by atoms with Crippen LogP contribution >= 0.6 is 11.3 Å². The minimum absolute atomic E-state index is 0.131. The SMILES string of the molecule is CCC(C#N)C(=O)N(C)Cc1cscn1. The zero-order chi connectivity index (χ0) is 11.3. The van der Waals surface area contributed by atoms with Gasteiger partial charge in [-0.1, -0.05) is 6.92 Å². The Morgan fingerprint density at radius 1 is 1.80 bits per heavy atom. The van der Waals surface area contributed by atoms with Gasteiger partial charge in [-0.15, -0.1) is 11.3 Å². The number of nitriles is 1. The molecule has 1 aromatic rings. The van der Waals surface area contributed by atoms with Crippen molar-refractivity contribution in [3.8, 4) is 6.07 Å². The summed E-state index contributed by atoms with van der Waals surface area (Å²) in [6, 6.07) is 2.00. The first-order valence-corrected chi connectivity index (χ1v) is 5.65. The zero-order valence-electron chi connectivity index (χ0n) is 8.80. The van der Waals surface area contributed by atoms with E-state index in [1.54, 1.807) is 17.5 Å². The van der Waals surface area contributed by atoms with Crippen molar-refractivity contribution in [1.82, 2.24) is 9.88 Å². The van der Waals surface area contributed by atoms with Gasteiger partial charge in [0.1, 0.15) is 5.92 Å². The minimum atomic E-state index is -0.534. The Morgan fingerprint density at radius 3 is 3.00 bits per heavy atom. The molecular weight excluding hydrogens is 210 g/mol. The molecule has 0 aromatic carbocycles. The van der Waals surface area contributed by atoms with Crippen LogP contribution in [-0.2, 0) is 11.3 Å². The van der Waals surface area contributed by atoms with E-state index in [2.05, 4.69) is 4.98 Å². The Morgan fingerprint density at radius 2 is 2.53 bits per heavy atom. The zero-order valence-corrected chi connectivity index (χ0v) is 9.62. The number of hydrogen-bond acceptors (Lipinski definition) is 4. The molecule has 0 fully saturated rings. The molecular formula is C10H13N3OS. The van der Waals surface area contributed by atoms with Crippen molar-refractivity contribution in [3.05, 3.63) is 16.6 Å². The van der Waals surface area contributed by atoms with Crippen LogP contribution in [0.1, 0.15) is 19.0 Å². The minimum Gasteiger partial charge on any atom is -0.339 e. The Hall–Kier alpha value is -1.41. The topological polar surface area (TPSA) is 57.0 Å². The Bertz CT molecular complexity index is 355. The molecule has 0 N–H and O–H groups in total. The maximum atomic E-state index is 11.7. The van der Waals surface area contributed by atoms with Gasteiger partial charge in [0.25, 0.3) is 0 Å². The molecule has 15 heavy (non-hydrogen) atoms. The second-order valence-electron chi connectivity index (χ2n) is 3.26. The Kier molecular flexibility index (Phi) is 4.25. The normalized spacial score (nSPS) is 11.8. The second kappa shape index (κ2) is 5.47. The van der Waals surface area contributed by atoms with Gasteiger partial charge >= 0.3 is 0 Å². The smallest absolute Gasteiger partial charge is 0.240 e. The first-order valence-electron chi connectivity index (χ1n) is 4.70. The highest BCUT2D eigenvalue weighted by Gasteiger charge is 2.19. The molecule has 1 amide bonds. The molecule has 1 aromatic heterocycles. The van der Waals surface area contributed by atoms with Crippen LogP contribution in [0.2, 0.25) is 0 Å². The number of rotatable bonds is 4. The summed E-state index contributed by atoms with van der Waals surface area (Å²) in [7, 11) is 1.70. The number of carbonyl (C=O) groups excluding carboxylic acids is 1. The van der Waals surface area contributed by atoms with Crippen molar-refractivity contribution < 1.29 is 4.79 Å². The highest BCUT2D eigenvalue weighted by molar-refractivity contribution is 7.07. The van der Waals surface area contributed by atoms with Gasteiger partial charge in [0.05, 0.1) is 23.8 Å². The number of nitrogens with zero attached hydrogens (tertiary/aromatic N) is 3. The lowest BCUT2D eigenvalue weighted by Gasteiger charge is -2.18. The van der Waals surface area contributed by atoms with E-state index in [0.29, 0.717) is 13.0 Å². The number of amides is 1. The van der Waals surface area contributed by atoms with Gasteiger partial charge in [-0.25, -0.2) is 4.98 Å². The molecule has 5 heteroatoms. The molecule has 0 saturated heterocycles. The van der Waals surface area contributed by atoms with E-state index in [9.17, 15) is 4.79 Å². The van der Waals surface area contributed by atoms with Crippen LogP contribution in [0, 0.1) is 17.2 Å². The van der Waals surface area contributed by atoms with Gasteiger partial charge in [-0.05, 0) is 6.42 Å². The molecule has 0 radical (unpaired) electrons. The van der Waals surface area contributed by atoms with Gasteiger partial charge in [0, 0.05) is 12.4 Å². The number of thiazole rings is 1. The number of hydrogen-bond donors (Lipinski definition) is 0. The van der Waals surface area contributed by atoms with Crippen LogP contribution in [0.25, 0.3) is 0 Å². The maximum Gasteiger partial charge on any atom is 0.240 e. The summed E-state index contributed by atoms with van der Waals surface area (Å²) in [6.45, 7) is 2.31. The fraction of sp³-hybridized carbons (Fsp3) is 0.500. The predicted octanol–water partition coefficient (Wildman–Crippen LogP) is 1.65. The van der Waals surface area contributed by atoms with E-state index in [1.165, 1.54) is 11.3 Å². The highest BCUT2D eigenvalue weighted by Crippen LogP contribution is 2.09. The van der Waals surface area contributed by atoms with Crippen molar-refractivity contribution in [2.45, 2.75) is 19.9 Å². The highest BCUT2D eigenvalue weighted by atomic mass is 32.1. The number of carbonyl (C=O) groups is 1. The van der Waals surface area contributed by atoms with Crippen LogP contribution in [0.15, 0.2) is 10.9 Å². The molecule has 0 bridgehead atoms. The molecule has 1 heterocycles. The van der Waals surface area contributed by atoms with Crippen LogP contribution in [0.5, 0.6) is 0 Å². The van der Waals surface area contributed by atoms with Crippen LogP contribution in [0.4, 0.5) is 0 Å². The van der Waals surface area contributed by atoms with Gasteiger partial charge in [-0.2, -0.15) is 5.26 Å². The lowest BCUT2D eigenvalue weighted by atomic mass is 10.1. The summed E-state index contributed by atoms with van der Waals surface area (Å²) < 4.78 is 0. The van der Waals surface area contributed by atoms with E-state index in [0.717, 1.165) is 5.69 Å². The van der Waals surface area contributed by atoms with E-state index < -0.39 is 5.92 Å². The first kappa shape index (κ1) is 11.7. The third-order valence-corrected chi connectivity index (χ3v) is 2.76. The molecule has 0 saturated carbocycles. The summed E-state index contributed by atoms with van der Waals surface area (Å²) >= 11 is 1.50. The van der Waals surface area contributed by atoms with E-state index in [-0.39, 0.29) is 5.91 Å². The molecule has 4 nitrogen and oxygen atoms in total. The summed E-state index contributed by atoms with van der Waals surface area (Å²) in [5.74, 6) is -0.665. The van der Waals surface area contributed by atoms with Crippen molar-refractivity contribution in [1.29, 1.82) is 5.26 Å². The lowest BCUT2D eigenvalue weighted by Crippen LogP contribution is -2.31. The van der Waals surface area contributed by atoms with Crippen molar-refractivity contribution in [2.75, 3.05) is 7.05 Å². The van der Waals surface area contributed by atoms with Crippen molar-refractivity contribution in [2.24, 2.45) is 5.92 Å². The fourth-order valence-corrected chi connectivity index (χ4v) is 1.77. The number of aromatic nitrogens is 1. The van der Waals surface area contributed by atoms with Crippen LogP contribution in [0.3, 0.4) is 0 Å².